The molecular weight excluding hydrogens is 308 g/mol. The van der Waals surface area contributed by atoms with Crippen molar-refractivity contribution in [2.75, 3.05) is 0 Å². The third-order valence-electron chi connectivity index (χ3n) is 5.33. The van der Waals surface area contributed by atoms with Crippen molar-refractivity contribution < 1.29 is 4.84 Å². The first-order valence-electron chi connectivity index (χ1n) is 9.17. The number of pyridine rings is 1. The van der Waals surface area contributed by atoms with Gasteiger partial charge in [-0.1, -0.05) is 61.7 Å². The SMILES string of the molecule is NOC(c1cccc(-c2ccc3ccccc3n2)c1)C1CCCCC1. The topological polar surface area (TPSA) is 48.1 Å². The normalized spacial score (nSPS) is 16.8. The van der Waals surface area contributed by atoms with Gasteiger partial charge in [-0.2, -0.15) is 0 Å². The minimum absolute atomic E-state index is 0.0271. The molecule has 0 amide bonds. The highest BCUT2D eigenvalue weighted by Gasteiger charge is 2.25. The lowest BCUT2D eigenvalue weighted by Crippen LogP contribution is -2.21. The van der Waals surface area contributed by atoms with Crippen LogP contribution in [0.15, 0.2) is 60.7 Å². The van der Waals surface area contributed by atoms with Gasteiger partial charge in [0.15, 0.2) is 0 Å². The molecule has 1 unspecified atom stereocenters. The van der Waals surface area contributed by atoms with E-state index in [4.69, 9.17) is 15.7 Å². The Labute approximate surface area is 148 Å². The largest absolute Gasteiger partial charge is 0.296 e. The molecule has 1 heterocycles. The number of aromatic nitrogens is 1. The molecule has 1 aliphatic rings. The Bertz CT molecular complexity index is 855. The van der Waals surface area contributed by atoms with Crippen LogP contribution in [0.4, 0.5) is 0 Å². The van der Waals surface area contributed by atoms with Gasteiger partial charge in [-0.3, -0.25) is 4.84 Å². The van der Waals surface area contributed by atoms with E-state index in [1.54, 1.807) is 0 Å². The molecule has 0 bridgehead atoms. The summed E-state index contributed by atoms with van der Waals surface area (Å²) in [5, 5.41) is 1.16. The summed E-state index contributed by atoms with van der Waals surface area (Å²) < 4.78 is 0. The highest BCUT2D eigenvalue weighted by molar-refractivity contribution is 5.81. The van der Waals surface area contributed by atoms with Gasteiger partial charge >= 0.3 is 0 Å². The van der Waals surface area contributed by atoms with E-state index in [2.05, 4.69) is 48.5 Å². The van der Waals surface area contributed by atoms with Gasteiger partial charge in [-0.05, 0) is 42.5 Å². The molecule has 3 aromatic rings. The molecule has 1 saturated carbocycles. The molecule has 4 rings (SSSR count). The first-order valence-corrected chi connectivity index (χ1v) is 9.17. The highest BCUT2D eigenvalue weighted by atomic mass is 16.6. The Morgan fingerprint density at radius 1 is 0.920 bits per heavy atom. The molecule has 0 spiro atoms. The van der Waals surface area contributed by atoms with Gasteiger partial charge in [-0.25, -0.2) is 10.9 Å². The monoisotopic (exact) mass is 332 g/mol. The average molecular weight is 332 g/mol. The van der Waals surface area contributed by atoms with Crippen LogP contribution in [0, 0.1) is 5.92 Å². The van der Waals surface area contributed by atoms with Crippen molar-refractivity contribution in [1.29, 1.82) is 0 Å². The molecule has 2 N–H and O–H groups in total. The highest BCUT2D eigenvalue weighted by Crippen LogP contribution is 2.37. The molecule has 128 valence electrons. The van der Waals surface area contributed by atoms with E-state index in [9.17, 15) is 0 Å². The molecule has 1 atom stereocenters. The van der Waals surface area contributed by atoms with E-state index in [1.807, 2.05) is 12.1 Å². The quantitative estimate of drug-likeness (QED) is 0.650. The number of hydrogen-bond acceptors (Lipinski definition) is 3. The third kappa shape index (κ3) is 3.44. The van der Waals surface area contributed by atoms with E-state index in [0.29, 0.717) is 5.92 Å². The van der Waals surface area contributed by atoms with Gasteiger partial charge in [0.25, 0.3) is 0 Å². The third-order valence-corrected chi connectivity index (χ3v) is 5.33. The second-order valence-corrected chi connectivity index (χ2v) is 6.97. The van der Waals surface area contributed by atoms with Crippen LogP contribution in [0.5, 0.6) is 0 Å². The van der Waals surface area contributed by atoms with Gasteiger partial charge in [0, 0.05) is 10.9 Å². The number of nitrogens with two attached hydrogens (primary N) is 1. The Morgan fingerprint density at radius 3 is 2.60 bits per heavy atom. The van der Waals surface area contributed by atoms with Crippen LogP contribution in [0.25, 0.3) is 22.2 Å². The lowest BCUT2D eigenvalue weighted by atomic mass is 9.82. The summed E-state index contributed by atoms with van der Waals surface area (Å²) in [5.41, 5.74) is 4.27. The van der Waals surface area contributed by atoms with Gasteiger partial charge in [0.1, 0.15) is 6.10 Å². The van der Waals surface area contributed by atoms with Gasteiger partial charge in [0.05, 0.1) is 11.2 Å². The van der Waals surface area contributed by atoms with E-state index in [-0.39, 0.29) is 6.10 Å². The standard InChI is InChI=1S/C22H24N2O/c23-25-22(17-8-2-1-3-9-17)19-11-6-10-18(15-19)21-14-13-16-7-4-5-12-20(16)24-21/h4-7,10-15,17,22H,1-3,8-9,23H2. The van der Waals surface area contributed by atoms with E-state index < -0.39 is 0 Å². The molecule has 3 nitrogen and oxygen atoms in total. The summed E-state index contributed by atoms with van der Waals surface area (Å²) in [6, 6.07) is 20.9. The average Bonchev–Trinajstić information content (AvgIpc) is 2.69. The lowest BCUT2D eigenvalue weighted by molar-refractivity contribution is -0.00273. The summed E-state index contributed by atoms with van der Waals surface area (Å²) in [6.07, 6.45) is 6.24. The number of hydrogen-bond donors (Lipinski definition) is 1. The summed E-state index contributed by atoms with van der Waals surface area (Å²) in [7, 11) is 0. The molecule has 2 aromatic carbocycles. The molecule has 1 aromatic heterocycles. The van der Waals surface area contributed by atoms with Gasteiger partial charge in [-0.15, -0.1) is 0 Å². The predicted octanol–water partition coefficient (Wildman–Crippen LogP) is 5.41. The molecule has 1 aliphatic carbocycles. The van der Waals surface area contributed by atoms with Crippen molar-refractivity contribution in [1.82, 2.24) is 4.98 Å². The summed E-state index contributed by atoms with van der Waals surface area (Å²) in [6.45, 7) is 0. The smallest absolute Gasteiger partial charge is 0.106 e. The van der Waals surface area contributed by atoms with Crippen LogP contribution >= 0.6 is 0 Å². The minimum Gasteiger partial charge on any atom is -0.296 e. The van der Waals surface area contributed by atoms with Gasteiger partial charge in [0.2, 0.25) is 0 Å². The number of benzene rings is 2. The molecule has 25 heavy (non-hydrogen) atoms. The van der Waals surface area contributed by atoms with Crippen LogP contribution < -0.4 is 5.90 Å². The maximum absolute atomic E-state index is 5.68. The molecule has 0 saturated heterocycles. The van der Waals surface area contributed by atoms with E-state index in [0.717, 1.165) is 27.7 Å². The second kappa shape index (κ2) is 7.34. The van der Waals surface area contributed by atoms with E-state index >= 15 is 0 Å². The van der Waals surface area contributed by atoms with Crippen molar-refractivity contribution in [3.05, 3.63) is 66.2 Å². The second-order valence-electron chi connectivity index (χ2n) is 6.97. The number of nitrogens with zero attached hydrogens (tertiary/aromatic N) is 1. The molecule has 3 heteroatoms. The maximum Gasteiger partial charge on any atom is 0.106 e. The van der Waals surface area contributed by atoms with Gasteiger partial charge < -0.3 is 0 Å². The van der Waals surface area contributed by atoms with Crippen molar-refractivity contribution in [3.8, 4) is 11.3 Å². The van der Waals surface area contributed by atoms with Crippen molar-refractivity contribution in [2.24, 2.45) is 11.8 Å². The van der Waals surface area contributed by atoms with E-state index in [1.165, 1.54) is 32.1 Å². The Hall–Kier alpha value is -2.23. The van der Waals surface area contributed by atoms with Crippen LogP contribution in [0.1, 0.15) is 43.8 Å². The summed E-state index contributed by atoms with van der Waals surface area (Å²) in [4.78, 5) is 10.2. The summed E-state index contributed by atoms with van der Waals surface area (Å²) >= 11 is 0. The first kappa shape index (κ1) is 16.2. The molecule has 0 radical (unpaired) electrons. The molecule has 1 fully saturated rings. The van der Waals surface area contributed by atoms with Crippen molar-refractivity contribution >= 4 is 10.9 Å². The first-order chi connectivity index (χ1) is 12.3. The number of rotatable bonds is 4. The fourth-order valence-electron chi connectivity index (χ4n) is 4.00. The maximum atomic E-state index is 5.68. The Morgan fingerprint density at radius 2 is 1.76 bits per heavy atom. The summed E-state index contributed by atoms with van der Waals surface area (Å²) in [5.74, 6) is 6.20. The number of para-hydroxylation sites is 1. The fourth-order valence-corrected chi connectivity index (χ4v) is 4.00. The zero-order valence-corrected chi connectivity index (χ0v) is 14.4. The minimum atomic E-state index is -0.0271. The van der Waals surface area contributed by atoms with Crippen LogP contribution in [0.2, 0.25) is 0 Å². The lowest BCUT2D eigenvalue weighted by Gasteiger charge is -2.29. The van der Waals surface area contributed by atoms with Crippen molar-refractivity contribution in [3.63, 3.8) is 0 Å². The zero-order chi connectivity index (χ0) is 17.1. The van der Waals surface area contributed by atoms with Crippen LogP contribution in [0.3, 0.4) is 0 Å². The van der Waals surface area contributed by atoms with Crippen LogP contribution in [-0.4, -0.2) is 4.98 Å². The fraction of sp³-hybridized carbons (Fsp3) is 0.318. The van der Waals surface area contributed by atoms with Crippen molar-refractivity contribution in [2.45, 2.75) is 38.2 Å². The Balaban J connectivity index is 1.67. The zero-order valence-electron chi connectivity index (χ0n) is 14.4. The molecule has 0 aliphatic heterocycles. The number of fused-ring (bicyclic) bond motifs is 1. The predicted molar refractivity (Wildman–Crippen MR) is 102 cm³/mol. The Kier molecular flexibility index (Phi) is 4.77. The molecular formula is C22H24N2O. The van der Waals surface area contributed by atoms with Crippen LogP contribution in [-0.2, 0) is 4.84 Å².